The van der Waals surface area contributed by atoms with E-state index in [0.29, 0.717) is 5.92 Å². The maximum atomic E-state index is 12.5. The van der Waals surface area contributed by atoms with Gasteiger partial charge in [-0.1, -0.05) is 24.3 Å². The van der Waals surface area contributed by atoms with Gasteiger partial charge in [-0.2, -0.15) is 0 Å². The van der Waals surface area contributed by atoms with Crippen molar-refractivity contribution < 1.29 is 14.3 Å². The van der Waals surface area contributed by atoms with Crippen molar-refractivity contribution in [3.63, 3.8) is 0 Å². The molecule has 3 aliphatic carbocycles. The highest BCUT2D eigenvalue weighted by Gasteiger charge is 2.61. The summed E-state index contributed by atoms with van der Waals surface area (Å²) in [6.07, 6.45) is 9.37. The number of carbonyl (C=O) groups is 2. The second kappa shape index (κ2) is 3.81. The fourth-order valence-corrected chi connectivity index (χ4v) is 3.84. The van der Waals surface area contributed by atoms with E-state index in [1.165, 1.54) is 0 Å². The van der Waals surface area contributed by atoms with E-state index in [1.807, 2.05) is 32.9 Å². The van der Waals surface area contributed by atoms with Crippen molar-refractivity contribution >= 4 is 11.8 Å². The number of allylic oxidation sites excluding steroid dienone is 4. The Bertz CT molecular complexity index is 495. The molecule has 0 heterocycles. The largest absolute Gasteiger partial charge is 0.460 e. The van der Waals surface area contributed by atoms with Gasteiger partial charge in [0.05, 0.1) is 11.8 Å². The predicted molar refractivity (Wildman–Crippen MR) is 71.3 cm³/mol. The van der Waals surface area contributed by atoms with Crippen molar-refractivity contribution in [2.75, 3.05) is 0 Å². The van der Waals surface area contributed by atoms with Gasteiger partial charge in [-0.15, -0.1) is 0 Å². The Morgan fingerprint density at radius 2 is 2.16 bits per heavy atom. The van der Waals surface area contributed by atoms with Crippen LogP contribution in [0.25, 0.3) is 0 Å². The van der Waals surface area contributed by atoms with E-state index in [1.54, 1.807) is 0 Å². The molecule has 2 bridgehead atoms. The lowest BCUT2D eigenvalue weighted by molar-refractivity contribution is -0.158. The first-order valence-electron chi connectivity index (χ1n) is 6.96. The molecular formula is C16H20O3. The van der Waals surface area contributed by atoms with Crippen molar-refractivity contribution in [3.8, 4) is 0 Å². The molecule has 0 aromatic heterocycles. The summed E-state index contributed by atoms with van der Waals surface area (Å²) in [6.45, 7) is 5.56. The van der Waals surface area contributed by atoms with Gasteiger partial charge in [0, 0.05) is 5.92 Å². The molecule has 4 atom stereocenters. The zero-order chi connectivity index (χ0) is 13.8. The average Bonchev–Trinajstić information content (AvgIpc) is 2.88. The van der Waals surface area contributed by atoms with E-state index >= 15 is 0 Å². The lowest BCUT2D eigenvalue weighted by Crippen LogP contribution is -2.35. The number of esters is 1. The Kier molecular flexibility index (Phi) is 2.54. The van der Waals surface area contributed by atoms with Crippen LogP contribution in [0.5, 0.6) is 0 Å². The molecule has 3 aliphatic rings. The van der Waals surface area contributed by atoms with Gasteiger partial charge in [-0.3, -0.25) is 9.59 Å². The Hall–Kier alpha value is -1.38. The minimum Gasteiger partial charge on any atom is -0.460 e. The number of hydrogen-bond acceptors (Lipinski definition) is 3. The van der Waals surface area contributed by atoms with Gasteiger partial charge in [0.15, 0.2) is 5.78 Å². The molecule has 0 aromatic rings. The molecule has 0 unspecified atom stereocenters. The van der Waals surface area contributed by atoms with Crippen LogP contribution >= 0.6 is 0 Å². The summed E-state index contributed by atoms with van der Waals surface area (Å²) in [5.74, 6) is 0.537. The molecule has 3 heteroatoms. The van der Waals surface area contributed by atoms with Gasteiger partial charge in [-0.05, 0) is 39.0 Å². The number of rotatable bonds is 2. The second-order valence-electron chi connectivity index (χ2n) is 6.91. The van der Waals surface area contributed by atoms with Crippen molar-refractivity contribution in [1.82, 2.24) is 0 Å². The average molecular weight is 260 g/mol. The minimum atomic E-state index is -0.620. The van der Waals surface area contributed by atoms with Crippen LogP contribution in [0.3, 0.4) is 0 Å². The van der Waals surface area contributed by atoms with Crippen LogP contribution in [-0.4, -0.2) is 17.4 Å². The molecule has 0 radical (unpaired) electrons. The summed E-state index contributed by atoms with van der Waals surface area (Å²) in [5.41, 5.74) is -1.12. The summed E-state index contributed by atoms with van der Waals surface area (Å²) in [5, 5.41) is 0. The Morgan fingerprint density at radius 1 is 1.42 bits per heavy atom. The smallest absolute Gasteiger partial charge is 0.307 e. The summed E-state index contributed by atoms with van der Waals surface area (Å²) < 4.78 is 5.39. The third-order valence-electron chi connectivity index (χ3n) is 4.49. The Morgan fingerprint density at radius 3 is 2.84 bits per heavy atom. The molecule has 102 valence electrons. The normalized spacial score (nSPS) is 38.9. The molecule has 0 saturated heterocycles. The molecule has 3 nitrogen and oxygen atoms in total. The Labute approximate surface area is 113 Å². The van der Waals surface area contributed by atoms with Gasteiger partial charge in [0.1, 0.15) is 5.60 Å². The number of ketones is 1. The van der Waals surface area contributed by atoms with Crippen LogP contribution in [0.4, 0.5) is 0 Å². The number of ether oxygens (including phenoxy) is 1. The van der Waals surface area contributed by atoms with Crippen molar-refractivity contribution in [3.05, 3.63) is 24.3 Å². The highest BCUT2D eigenvalue weighted by atomic mass is 16.6. The molecule has 0 amide bonds. The van der Waals surface area contributed by atoms with Gasteiger partial charge < -0.3 is 4.74 Å². The monoisotopic (exact) mass is 260 g/mol. The van der Waals surface area contributed by atoms with Crippen LogP contribution in [-0.2, 0) is 14.3 Å². The predicted octanol–water partition coefficient (Wildman–Crippen LogP) is 2.67. The number of carbonyl (C=O) groups excluding carboxylic acids is 2. The molecule has 3 rings (SSSR count). The highest BCUT2D eigenvalue weighted by Crippen LogP contribution is 2.59. The van der Waals surface area contributed by atoms with E-state index in [4.69, 9.17) is 4.74 Å². The number of hydrogen-bond donors (Lipinski definition) is 0. The topological polar surface area (TPSA) is 43.4 Å². The second-order valence-corrected chi connectivity index (χ2v) is 6.91. The van der Waals surface area contributed by atoms with E-state index in [-0.39, 0.29) is 30.0 Å². The lowest BCUT2D eigenvalue weighted by Gasteiger charge is -2.30. The van der Waals surface area contributed by atoms with E-state index < -0.39 is 11.0 Å². The lowest BCUT2D eigenvalue weighted by atomic mass is 9.73. The molecule has 0 aromatic carbocycles. The fourth-order valence-electron chi connectivity index (χ4n) is 3.84. The highest BCUT2D eigenvalue weighted by molar-refractivity contribution is 5.99. The minimum absolute atomic E-state index is 0.0161. The standard InChI is InChI=1S/C16H20O3/c1-15(2,3)19-13(17)9-16-8-7-11(14(16)18)10-5-4-6-12(10)16/h4,6-8,10-12H,5,9H2,1-3H3/t10-,11+,12-,16+/m0/s1. The summed E-state index contributed by atoms with van der Waals surface area (Å²) in [4.78, 5) is 24.6. The summed E-state index contributed by atoms with van der Waals surface area (Å²) in [6, 6.07) is 0. The third kappa shape index (κ3) is 1.78. The first kappa shape index (κ1) is 12.6. The van der Waals surface area contributed by atoms with Crippen LogP contribution in [0.2, 0.25) is 0 Å². The van der Waals surface area contributed by atoms with E-state index in [2.05, 4.69) is 12.2 Å². The molecule has 0 aliphatic heterocycles. The van der Waals surface area contributed by atoms with Crippen LogP contribution in [0.15, 0.2) is 24.3 Å². The van der Waals surface area contributed by atoms with Gasteiger partial charge in [0.25, 0.3) is 0 Å². The van der Waals surface area contributed by atoms with Gasteiger partial charge in [-0.25, -0.2) is 0 Å². The number of fused-ring (bicyclic) bond motifs is 5. The quantitative estimate of drug-likeness (QED) is 0.566. The molecule has 1 saturated carbocycles. The first-order chi connectivity index (χ1) is 8.83. The van der Waals surface area contributed by atoms with Crippen molar-refractivity contribution in [1.29, 1.82) is 0 Å². The van der Waals surface area contributed by atoms with Gasteiger partial charge in [0.2, 0.25) is 0 Å². The van der Waals surface area contributed by atoms with Crippen molar-refractivity contribution in [2.24, 2.45) is 23.2 Å². The third-order valence-corrected chi connectivity index (χ3v) is 4.49. The summed E-state index contributed by atoms with van der Waals surface area (Å²) in [7, 11) is 0. The van der Waals surface area contributed by atoms with Crippen LogP contribution in [0, 0.1) is 23.2 Å². The zero-order valence-electron chi connectivity index (χ0n) is 11.7. The van der Waals surface area contributed by atoms with Gasteiger partial charge >= 0.3 is 5.97 Å². The molecule has 0 spiro atoms. The van der Waals surface area contributed by atoms with Crippen LogP contribution < -0.4 is 0 Å². The van der Waals surface area contributed by atoms with Crippen LogP contribution in [0.1, 0.15) is 33.6 Å². The Balaban J connectivity index is 1.83. The zero-order valence-corrected chi connectivity index (χ0v) is 11.7. The number of Topliss-reactive ketones (excluding diaryl/α,β-unsaturated/α-hetero) is 1. The summed E-state index contributed by atoms with van der Waals surface area (Å²) >= 11 is 0. The van der Waals surface area contributed by atoms with E-state index in [9.17, 15) is 9.59 Å². The fraction of sp³-hybridized carbons (Fsp3) is 0.625. The first-order valence-corrected chi connectivity index (χ1v) is 6.96. The molecule has 0 N–H and O–H groups in total. The van der Waals surface area contributed by atoms with E-state index in [0.717, 1.165) is 6.42 Å². The van der Waals surface area contributed by atoms with Crippen molar-refractivity contribution in [2.45, 2.75) is 39.2 Å². The molecular weight excluding hydrogens is 240 g/mol. The maximum absolute atomic E-state index is 12.5. The molecule has 19 heavy (non-hydrogen) atoms. The SMILES string of the molecule is CC(C)(C)OC(=O)C[C@@]12C=C[C@@H](C1=O)[C@@H]1CC=C[C@@H]12. The maximum Gasteiger partial charge on any atom is 0.307 e. The molecule has 1 fully saturated rings.